The van der Waals surface area contributed by atoms with Crippen LogP contribution in [-0.4, -0.2) is 38.7 Å². The van der Waals surface area contributed by atoms with Crippen molar-refractivity contribution in [2.75, 3.05) is 13.1 Å². The zero-order valence-corrected chi connectivity index (χ0v) is 17.5. The normalized spacial score (nSPS) is 14.9. The molecule has 1 aliphatic heterocycles. The summed E-state index contributed by atoms with van der Waals surface area (Å²) in [6.45, 7) is 4.23. The van der Waals surface area contributed by atoms with Gasteiger partial charge >= 0.3 is 0 Å². The van der Waals surface area contributed by atoms with Crippen molar-refractivity contribution in [3.8, 4) is 11.4 Å². The van der Waals surface area contributed by atoms with Gasteiger partial charge in [-0.05, 0) is 43.5 Å². The Morgan fingerprint density at radius 2 is 1.79 bits per heavy atom. The smallest absolute Gasteiger partial charge is 0.224 e. The molecule has 29 heavy (non-hydrogen) atoms. The average molecular weight is 407 g/mol. The molecule has 1 amide bonds. The molecule has 1 fully saturated rings. The van der Waals surface area contributed by atoms with Gasteiger partial charge in [-0.3, -0.25) is 14.5 Å². The molecule has 1 aromatic heterocycles. The van der Waals surface area contributed by atoms with Crippen LogP contribution in [0.15, 0.2) is 54.6 Å². The van der Waals surface area contributed by atoms with Gasteiger partial charge in [-0.15, -0.1) is 0 Å². The average Bonchev–Trinajstić information content (AvgIpc) is 3.13. The molecule has 1 saturated heterocycles. The first-order chi connectivity index (χ1) is 14.1. The molecular weight excluding hydrogens is 380 g/mol. The van der Waals surface area contributed by atoms with Gasteiger partial charge in [-0.25, -0.2) is 0 Å². The van der Waals surface area contributed by atoms with Crippen molar-refractivity contribution in [1.29, 1.82) is 0 Å². The van der Waals surface area contributed by atoms with Gasteiger partial charge in [0.2, 0.25) is 5.91 Å². The second kappa shape index (κ2) is 8.74. The van der Waals surface area contributed by atoms with E-state index in [1.54, 1.807) is 0 Å². The summed E-state index contributed by atoms with van der Waals surface area (Å²) in [5, 5.41) is 7.24. The first-order valence-electron chi connectivity index (χ1n) is 10.2. The molecule has 0 bridgehead atoms. The molecule has 1 N–H and O–H groups in total. The van der Waals surface area contributed by atoms with Gasteiger partial charge < -0.3 is 4.90 Å². The van der Waals surface area contributed by atoms with E-state index in [2.05, 4.69) is 53.5 Å². The Kier molecular flexibility index (Phi) is 5.90. The van der Waals surface area contributed by atoms with Crippen LogP contribution in [0, 0.1) is 11.7 Å². The maximum absolute atomic E-state index is 12.8. The Morgan fingerprint density at radius 3 is 2.48 bits per heavy atom. The van der Waals surface area contributed by atoms with Gasteiger partial charge in [0.05, 0.1) is 0 Å². The summed E-state index contributed by atoms with van der Waals surface area (Å²) < 4.78 is 2.48. The molecule has 0 aliphatic carbocycles. The van der Waals surface area contributed by atoms with E-state index in [4.69, 9.17) is 12.2 Å². The van der Waals surface area contributed by atoms with Gasteiger partial charge in [0.1, 0.15) is 0 Å². The Labute approximate surface area is 176 Å². The Bertz CT molecular complexity index is 1020. The minimum atomic E-state index is 0.189. The second-order valence-corrected chi connectivity index (χ2v) is 8.07. The molecular formula is C23H26N4OS. The van der Waals surface area contributed by atoms with E-state index in [0.717, 1.165) is 37.3 Å². The zero-order valence-electron chi connectivity index (χ0n) is 16.7. The number of aromatic nitrogens is 3. The minimum Gasteiger partial charge on any atom is -0.343 e. The predicted octanol–water partition coefficient (Wildman–Crippen LogP) is 4.71. The number of amides is 1. The van der Waals surface area contributed by atoms with E-state index >= 15 is 0 Å². The number of aryl methyl sites for hydroxylation is 1. The van der Waals surface area contributed by atoms with Crippen LogP contribution in [0.25, 0.3) is 11.4 Å². The molecule has 1 aliphatic rings. The van der Waals surface area contributed by atoms with Crippen molar-refractivity contribution in [3.63, 3.8) is 0 Å². The topological polar surface area (TPSA) is 53.9 Å². The van der Waals surface area contributed by atoms with Crippen molar-refractivity contribution in [3.05, 3.63) is 70.5 Å². The number of hydrogen-bond acceptors (Lipinski definition) is 3. The highest BCUT2D eigenvalue weighted by Crippen LogP contribution is 2.28. The molecule has 0 spiro atoms. The Hall–Kier alpha value is -2.73. The van der Waals surface area contributed by atoms with Crippen LogP contribution < -0.4 is 0 Å². The number of rotatable bonds is 5. The number of nitrogens with zero attached hydrogens (tertiary/aromatic N) is 3. The lowest BCUT2D eigenvalue weighted by Crippen LogP contribution is -2.38. The lowest BCUT2D eigenvalue weighted by Gasteiger charge is -2.32. The third-order valence-corrected chi connectivity index (χ3v) is 6.05. The molecule has 6 heteroatoms. The fourth-order valence-electron chi connectivity index (χ4n) is 4.00. The van der Waals surface area contributed by atoms with Crippen LogP contribution >= 0.6 is 12.2 Å². The minimum absolute atomic E-state index is 0.189. The number of H-pyrrole nitrogens is 1. The third kappa shape index (κ3) is 4.48. The second-order valence-electron chi connectivity index (χ2n) is 7.69. The number of aromatic amines is 1. The maximum Gasteiger partial charge on any atom is 0.224 e. The number of likely N-dealkylation sites (tertiary alicyclic amines) is 1. The molecule has 3 aromatic rings. The molecule has 0 atom stereocenters. The molecule has 150 valence electrons. The summed E-state index contributed by atoms with van der Waals surface area (Å²) in [7, 11) is 0. The van der Waals surface area contributed by atoms with E-state index < -0.39 is 0 Å². The number of carbonyl (C=O) groups excluding carboxylic acids is 1. The van der Waals surface area contributed by atoms with Crippen molar-refractivity contribution in [2.45, 2.75) is 38.6 Å². The predicted molar refractivity (Wildman–Crippen MR) is 117 cm³/mol. The summed E-state index contributed by atoms with van der Waals surface area (Å²) in [5.74, 6) is 1.52. The van der Waals surface area contributed by atoms with E-state index in [-0.39, 0.29) is 5.91 Å². The van der Waals surface area contributed by atoms with E-state index in [1.807, 2.05) is 27.7 Å². The van der Waals surface area contributed by atoms with E-state index in [1.165, 1.54) is 11.1 Å². The fraction of sp³-hybridized carbons (Fsp3) is 0.348. The van der Waals surface area contributed by atoms with Crippen LogP contribution in [-0.2, 0) is 11.3 Å². The molecule has 4 rings (SSSR count). The van der Waals surface area contributed by atoms with Crippen molar-refractivity contribution >= 4 is 18.1 Å². The van der Waals surface area contributed by atoms with Crippen molar-refractivity contribution in [2.24, 2.45) is 0 Å². The molecule has 2 aromatic carbocycles. The van der Waals surface area contributed by atoms with Gasteiger partial charge in [0, 0.05) is 31.6 Å². The van der Waals surface area contributed by atoms with Crippen LogP contribution in [0.5, 0.6) is 0 Å². The van der Waals surface area contributed by atoms with Crippen LogP contribution in [0.2, 0.25) is 0 Å². The van der Waals surface area contributed by atoms with Crippen LogP contribution in [0.4, 0.5) is 0 Å². The van der Waals surface area contributed by atoms with E-state index in [9.17, 15) is 4.79 Å². The van der Waals surface area contributed by atoms with Gasteiger partial charge in [0.15, 0.2) is 10.6 Å². The maximum atomic E-state index is 12.8. The first kappa shape index (κ1) is 19.6. The molecule has 2 heterocycles. The lowest BCUT2D eigenvalue weighted by atomic mass is 9.89. The van der Waals surface area contributed by atoms with Crippen LogP contribution in [0.3, 0.4) is 0 Å². The quantitative estimate of drug-likeness (QED) is 0.624. The summed E-state index contributed by atoms with van der Waals surface area (Å²) in [4.78, 5) is 14.8. The highest BCUT2D eigenvalue weighted by Gasteiger charge is 2.23. The number of hydrogen-bond donors (Lipinski definition) is 1. The number of piperidine rings is 1. The monoisotopic (exact) mass is 406 g/mol. The molecule has 0 saturated carbocycles. The summed E-state index contributed by atoms with van der Waals surface area (Å²) >= 11 is 5.40. The fourth-order valence-corrected chi connectivity index (χ4v) is 4.22. The highest BCUT2D eigenvalue weighted by molar-refractivity contribution is 7.71. The van der Waals surface area contributed by atoms with Gasteiger partial charge in [-0.2, -0.15) is 5.10 Å². The van der Waals surface area contributed by atoms with Crippen LogP contribution in [0.1, 0.15) is 36.3 Å². The zero-order chi connectivity index (χ0) is 20.2. The standard InChI is InChI=1S/C23H26N4OS/c1-17-7-9-20(10-8-17)22-24-25-23(29)27(22)16-13-21(28)26-14-11-19(12-15-26)18-5-3-2-4-6-18/h2-10,19H,11-16H2,1H3,(H,25,29). The Balaban J connectivity index is 1.37. The summed E-state index contributed by atoms with van der Waals surface area (Å²) in [5.41, 5.74) is 3.58. The highest BCUT2D eigenvalue weighted by atomic mass is 32.1. The van der Waals surface area contributed by atoms with Gasteiger partial charge in [0.25, 0.3) is 0 Å². The number of carbonyl (C=O) groups is 1. The molecule has 5 nitrogen and oxygen atoms in total. The first-order valence-corrected chi connectivity index (χ1v) is 10.6. The molecule has 0 unspecified atom stereocenters. The lowest BCUT2D eigenvalue weighted by molar-refractivity contribution is -0.132. The number of benzene rings is 2. The number of nitrogens with one attached hydrogen (secondary N) is 1. The van der Waals surface area contributed by atoms with E-state index in [0.29, 0.717) is 23.7 Å². The summed E-state index contributed by atoms with van der Waals surface area (Å²) in [6, 6.07) is 18.8. The van der Waals surface area contributed by atoms with Crippen molar-refractivity contribution in [1.82, 2.24) is 19.7 Å². The van der Waals surface area contributed by atoms with Crippen molar-refractivity contribution < 1.29 is 4.79 Å². The SMILES string of the molecule is Cc1ccc(-c2n[nH]c(=S)n2CCC(=O)N2CCC(c3ccccc3)CC2)cc1. The summed E-state index contributed by atoms with van der Waals surface area (Å²) in [6.07, 6.45) is 2.48. The largest absolute Gasteiger partial charge is 0.343 e. The third-order valence-electron chi connectivity index (χ3n) is 5.74. The Morgan fingerprint density at radius 1 is 1.10 bits per heavy atom. The van der Waals surface area contributed by atoms with Gasteiger partial charge in [-0.1, -0.05) is 60.2 Å². The molecule has 0 radical (unpaired) electrons.